The van der Waals surface area contributed by atoms with Crippen molar-refractivity contribution in [1.29, 1.82) is 0 Å². The van der Waals surface area contributed by atoms with Crippen molar-refractivity contribution in [3.05, 3.63) is 33.5 Å². The Bertz CT molecular complexity index is 543. The number of nitrogens with zero attached hydrogens (tertiary/aromatic N) is 2. The van der Waals surface area contributed by atoms with E-state index in [9.17, 15) is 4.79 Å². The van der Waals surface area contributed by atoms with Crippen molar-refractivity contribution in [3.63, 3.8) is 0 Å². The molecule has 0 aliphatic rings. The van der Waals surface area contributed by atoms with E-state index in [1.54, 1.807) is 6.07 Å². The minimum absolute atomic E-state index is 0.138. The van der Waals surface area contributed by atoms with Crippen LogP contribution in [0.1, 0.15) is 28.5 Å². The summed E-state index contributed by atoms with van der Waals surface area (Å²) in [4.78, 5) is 12.4. The number of rotatable bonds is 3. The van der Waals surface area contributed by atoms with Crippen LogP contribution in [0.15, 0.2) is 23.6 Å². The van der Waals surface area contributed by atoms with Gasteiger partial charge in [0.25, 0.3) is 5.91 Å². The molecule has 6 heteroatoms. The van der Waals surface area contributed by atoms with Gasteiger partial charge in [0.1, 0.15) is 5.01 Å². The van der Waals surface area contributed by atoms with Crippen LogP contribution in [0.3, 0.4) is 0 Å². The van der Waals surface area contributed by atoms with Crippen LogP contribution in [0.4, 0.5) is 5.13 Å². The number of carbonyl (C=O) groups excluding carboxylic acids is 1. The highest BCUT2D eigenvalue weighted by atomic mass is 32.1. The molecule has 0 spiro atoms. The Kier molecular flexibility index (Phi) is 3.65. The van der Waals surface area contributed by atoms with Gasteiger partial charge in [-0.2, -0.15) is 0 Å². The van der Waals surface area contributed by atoms with Gasteiger partial charge in [0.05, 0.1) is 4.88 Å². The molecule has 2 rings (SSSR count). The second-order valence-corrected chi connectivity index (χ2v) is 5.24. The van der Waals surface area contributed by atoms with E-state index in [0.717, 1.165) is 10.6 Å². The van der Waals surface area contributed by atoms with Gasteiger partial charge >= 0.3 is 0 Å². The van der Waals surface area contributed by atoms with Crippen LogP contribution in [0, 0.1) is 0 Å². The first-order chi connectivity index (χ1) is 8.20. The smallest absolute Gasteiger partial charge is 0.267 e. The molecule has 1 N–H and O–H groups in total. The molecule has 0 aromatic carbocycles. The largest absolute Gasteiger partial charge is 0.296 e. The fourth-order valence-corrected chi connectivity index (χ4v) is 2.51. The van der Waals surface area contributed by atoms with E-state index in [4.69, 9.17) is 0 Å². The minimum atomic E-state index is -0.138. The predicted molar refractivity (Wildman–Crippen MR) is 71.5 cm³/mol. The molecule has 88 valence electrons. The molecule has 0 saturated carbocycles. The molecule has 0 bridgehead atoms. The van der Waals surface area contributed by atoms with Gasteiger partial charge in [0.15, 0.2) is 0 Å². The number of thiophene rings is 1. The van der Waals surface area contributed by atoms with Gasteiger partial charge in [-0.05, 0) is 30.9 Å². The Morgan fingerprint density at radius 1 is 1.47 bits per heavy atom. The van der Waals surface area contributed by atoms with Crippen LogP contribution in [0.2, 0.25) is 0 Å². The normalized spacial score (nSPS) is 11.5. The van der Waals surface area contributed by atoms with Crippen molar-refractivity contribution in [3.8, 4) is 0 Å². The third-order valence-electron chi connectivity index (χ3n) is 2.16. The lowest BCUT2D eigenvalue weighted by molar-refractivity contribution is 0.103. The zero-order valence-corrected chi connectivity index (χ0v) is 11.1. The number of allylic oxidation sites excluding steroid dienone is 2. The summed E-state index contributed by atoms with van der Waals surface area (Å²) < 4.78 is 0. The topological polar surface area (TPSA) is 54.9 Å². The predicted octanol–water partition coefficient (Wildman–Crippen LogP) is 3.28. The third kappa shape index (κ3) is 2.78. The number of hydrogen-bond donors (Lipinski definition) is 1. The van der Waals surface area contributed by atoms with Gasteiger partial charge in [-0.3, -0.25) is 10.1 Å². The highest BCUT2D eigenvalue weighted by Gasteiger charge is 2.11. The summed E-state index contributed by atoms with van der Waals surface area (Å²) in [7, 11) is 0. The number of anilines is 1. The van der Waals surface area contributed by atoms with Crippen LogP contribution < -0.4 is 5.32 Å². The van der Waals surface area contributed by atoms with Crippen LogP contribution in [0.25, 0.3) is 5.57 Å². The quantitative estimate of drug-likeness (QED) is 0.926. The van der Waals surface area contributed by atoms with Crippen LogP contribution in [0.5, 0.6) is 0 Å². The number of carbonyl (C=O) groups is 1. The molecular weight excluding hydrogens is 254 g/mol. The van der Waals surface area contributed by atoms with Crippen molar-refractivity contribution in [2.24, 2.45) is 0 Å². The van der Waals surface area contributed by atoms with E-state index in [1.807, 2.05) is 31.4 Å². The van der Waals surface area contributed by atoms with Crippen LogP contribution in [-0.2, 0) is 0 Å². The average Bonchev–Trinajstić information content (AvgIpc) is 2.98. The zero-order chi connectivity index (χ0) is 12.3. The van der Waals surface area contributed by atoms with E-state index in [2.05, 4.69) is 15.5 Å². The second kappa shape index (κ2) is 5.20. The molecule has 0 unspecified atom stereocenters. The standard InChI is InChI=1S/C11H11N3OS2/c1-3-7(2)10-13-14-11(17-10)12-9(15)8-5-4-6-16-8/h3-6H,1-2H3,(H,12,14,15). The van der Waals surface area contributed by atoms with E-state index in [-0.39, 0.29) is 5.91 Å². The molecular formula is C11H11N3OS2. The maximum Gasteiger partial charge on any atom is 0.267 e. The first kappa shape index (κ1) is 11.9. The number of aromatic nitrogens is 2. The van der Waals surface area contributed by atoms with Gasteiger partial charge in [-0.15, -0.1) is 21.5 Å². The zero-order valence-electron chi connectivity index (χ0n) is 9.43. The summed E-state index contributed by atoms with van der Waals surface area (Å²) in [5.74, 6) is -0.138. The van der Waals surface area contributed by atoms with Crippen molar-refractivity contribution < 1.29 is 4.79 Å². The molecule has 1 amide bonds. The first-order valence-corrected chi connectivity index (χ1v) is 6.72. The summed E-state index contributed by atoms with van der Waals surface area (Å²) in [5.41, 5.74) is 1.05. The molecule has 0 saturated heterocycles. The van der Waals surface area contributed by atoms with E-state index in [0.29, 0.717) is 10.0 Å². The number of nitrogens with one attached hydrogen (secondary N) is 1. The van der Waals surface area contributed by atoms with Crippen molar-refractivity contribution in [2.75, 3.05) is 5.32 Å². The number of amides is 1. The van der Waals surface area contributed by atoms with Gasteiger partial charge in [0.2, 0.25) is 5.13 Å². The Hall–Kier alpha value is -1.53. The van der Waals surface area contributed by atoms with Crippen molar-refractivity contribution in [2.45, 2.75) is 13.8 Å². The Morgan fingerprint density at radius 3 is 2.94 bits per heavy atom. The second-order valence-electron chi connectivity index (χ2n) is 3.32. The molecule has 2 aromatic rings. The average molecular weight is 265 g/mol. The summed E-state index contributed by atoms with van der Waals surface area (Å²) in [6, 6.07) is 3.62. The summed E-state index contributed by atoms with van der Waals surface area (Å²) >= 11 is 2.77. The molecule has 0 aliphatic heterocycles. The van der Waals surface area contributed by atoms with E-state index < -0.39 is 0 Å². The minimum Gasteiger partial charge on any atom is -0.296 e. The van der Waals surface area contributed by atoms with Gasteiger partial charge in [-0.1, -0.05) is 23.5 Å². The fourth-order valence-electron chi connectivity index (χ4n) is 1.12. The summed E-state index contributed by atoms with van der Waals surface area (Å²) in [6.45, 7) is 3.91. The summed E-state index contributed by atoms with van der Waals surface area (Å²) in [5, 5.41) is 13.9. The van der Waals surface area contributed by atoms with Gasteiger partial charge < -0.3 is 0 Å². The van der Waals surface area contributed by atoms with E-state index in [1.165, 1.54) is 22.7 Å². The molecule has 0 fully saturated rings. The molecule has 0 aliphatic carbocycles. The highest BCUT2D eigenvalue weighted by molar-refractivity contribution is 7.16. The van der Waals surface area contributed by atoms with Gasteiger partial charge in [0, 0.05) is 0 Å². The fraction of sp³-hybridized carbons (Fsp3) is 0.182. The maximum atomic E-state index is 11.7. The molecule has 17 heavy (non-hydrogen) atoms. The third-order valence-corrected chi connectivity index (χ3v) is 4.00. The Labute approximate surface area is 107 Å². The monoisotopic (exact) mass is 265 g/mol. The van der Waals surface area contributed by atoms with Crippen LogP contribution >= 0.6 is 22.7 Å². The molecule has 0 radical (unpaired) electrons. The summed E-state index contributed by atoms with van der Waals surface area (Å²) in [6.07, 6.45) is 1.96. The van der Waals surface area contributed by atoms with Gasteiger partial charge in [-0.25, -0.2) is 0 Å². The lowest BCUT2D eigenvalue weighted by atomic mass is 10.3. The van der Waals surface area contributed by atoms with Crippen molar-refractivity contribution >= 4 is 39.3 Å². The lowest BCUT2D eigenvalue weighted by Crippen LogP contribution is -2.09. The molecule has 0 atom stereocenters. The van der Waals surface area contributed by atoms with E-state index >= 15 is 0 Å². The number of hydrogen-bond acceptors (Lipinski definition) is 5. The first-order valence-electron chi connectivity index (χ1n) is 5.02. The maximum absolute atomic E-state index is 11.7. The van der Waals surface area contributed by atoms with Crippen LogP contribution in [-0.4, -0.2) is 16.1 Å². The Balaban J connectivity index is 2.10. The molecule has 2 heterocycles. The lowest BCUT2D eigenvalue weighted by Gasteiger charge is -1.96. The molecule has 4 nitrogen and oxygen atoms in total. The SMILES string of the molecule is CC=C(C)c1nnc(NC(=O)c2cccs2)s1. The molecule has 2 aromatic heterocycles. The Morgan fingerprint density at radius 2 is 2.29 bits per heavy atom. The van der Waals surface area contributed by atoms with Crippen molar-refractivity contribution in [1.82, 2.24) is 10.2 Å². The highest BCUT2D eigenvalue weighted by Crippen LogP contribution is 2.22.